The van der Waals surface area contributed by atoms with Crippen molar-refractivity contribution in [2.24, 2.45) is 0 Å². The minimum Gasteiger partial charge on any atom is -0.384 e. The highest BCUT2D eigenvalue weighted by Crippen LogP contribution is 2.23. The molecule has 1 aromatic carbocycles. The number of anilines is 1. The zero-order chi connectivity index (χ0) is 16.9. The van der Waals surface area contributed by atoms with Crippen LogP contribution in [0.4, 0.5) is 5.82 Å². The van der Waals surface area contributed by atoms with Crippen molar-refractivity contribution in [2.45, 2.75) is 19.4 Å². The molecular formula is C17H20ClN3O2. The number of hydrogen-bond acceptors (Lipinski definition) is 4. The lowest BCUT2D eigenvalue weighted by Gasteiger charge is -2.24. The second kappa shape index (κ2) is 7.44. The maximum Gasteiger partial charge on any atom is 0.252 e. The Bertz CT molecular complexity index is 672. The maximum atomic E-state index is 11.7. The van der Waals surface area contributed by atoms with E-state index in [0.717, 1.165) is 5.56 Å². The second-order valence-corrected chi connectivity index (χ2v) is 5.87. The molecule has 0 saturated heterocycles. The number of hydrogen-bond donors (Lipinski definition) is 3. The summed E-state index contributed by atoms with van der Waals surface area (Å²) in [5.41, 5.74) is 0.126. The number of halogens is 1. The molecule has 1 aromatic heterocycles. The third kappa shape index (κ3) is 4.68. The van der Waals surface area contributed by atoms with Crippen LogP contribution in [0.2, 0.25) is 5.02 Å². The molecule has 122 valence electrons. The predicted octanol–water partition coefficient (Wildman–Crippen LogP) is 2.80. The highest BCUT2D eigenvalue weighted by atomic mass is 35.5. The van der Waals surface area contributed by atoms with E-state index in [2.05, 4.69) is 15.6 Å². The summed E-state index contributed by atoms with van der Waals surface area (Å²) in [6.45, 7) is 4.40. The normalized spacial score (nSPS) is 13.2. The third-order valence-electron chi connectivity index (χ3n) is 3.42. The van der Waals surface area contributed by atoms with Gasteiger partial charge in [-0.1, -0.05) is 23.7 Å². The number of carbonyl (C=O) groups excluding carboxylic acids is 1. The Balaban J connectivity index is 2.01. The average molecular weight is 334 g/mol. The fourth-order valence-electron chi connectivity index (χ4n) is 2.08. The van der Waals surface area contributed by atoms with Gasteiger partial charge in [0.1, 0.15) is 11.4 Å². The van der Waals surface area contributed by atoms with Gasteiger partial charge in [0.2, 0.25) is 0 Å². The van der Waals surface area contributed by atoms with E-state index in [1.165, 1.54) is 6.20 Å². The largest absolute Gasteiger partial charge is 0.384 e. The SMILES string of the molecule is CCNC(=O)c1ccc(NCC(C)(O)c2cccc(Cl)c2)nc1. The van der Waals surface area contributed by atoms with E-state index in [-0.39, 0.29) is 12.5 Å². The molecule has 1 atom stereocenters. The lowest BCUT2D eigenvalue weighted by Crippen LogP contribution is -2.31. The summed E-state index contributed by atoms with van der Waals surface area (Å²) in [7, 11) is 0. The number of pyridine rings is 1. The summed E-state index contributed by atoms with van der Waals surface area (Å²) < 4.78 is 0. The van der Waals surface area contributed by atoms with Crippen LogP contribution in [0.3, 0.4) is 0 Å². The lowest BCUT2D eigenvalue weighted by atomic mass is 9.96. The molecule has 1 unspecified atom stereocenters. The van der Waals surface area contributed by atoms with Crippen LogP contribution in [0.5, 0.6) is 0 Å². The predicted molar refractivity (Wildman–Crippen MR) is 91.8 cm³/mol. The van der Waals surface area contributed by atoms with Gasteiger partial charge in [-0.2, -0.15) is 0 Å². The van der Waals surface area contributed by atoms with Crippen LogP contribution in [0.1, 0.15) is 29.8 Å². The van der Waals surface area contributed by atoms with Gasteiger partial charge in [0.15, 0.2) is 0 Å². The molecule has 1 heterocycles. The van der Waals surface area contributed by atoms with E-state index in [1.54, 1.807) is 37.3 Å². The third-order valence-corrected chi connectivity index (χ3v) is 3.66. The minimum absolute atomic E-state index is 0.155. The zero-order valence-electron chi connectivity index (χ0n) is 13.1. The number of nitrogens with one attached hydrogen (secondary N) is 2. The summed E-state index contributed by atoms with van der Waals surface area (Å²) in [5.74, 6) is 0.429. The minimum atomic E-state index is -1.09. The number of benzene rings is 1. The van der Waals surface area contributed by atoms with Crippen molar-refractivity contribution in [2.75, 3.05) is 18.4 Å². The van der Waals surface area contributed by atoms with Gasteiger partial charge in [0.25, 0.3) is 5.91 Å². The smallest absolute Gasteiger partial charge is 0.252 e. The number of rotatable bonds is 6. The Morgan fingerprint density at radius 3 is 2.74 bits per heavy atom. The first-order valence-electron chi connectivity index (χ1n) is 7.39. The van der Waals surface area contributed by atoms with Crippen molar-refractivity contribution < 1.29 is 9.90 Å². The van der Waals surface area contributed by atoms with Crippen LogP contribution in [0.15, 0.2) is 42.6 Å². The molecule has 5 nitrogen and oxygen atoms in total. The maximum absolute atomic E-state index is 11.7. The monoisotopic (exact) mass is 333 g/mol. The molecule has 0 spiro atoms. The molecular weight excluding hydrogens is 314 g/mol. The second-order valence-electron chi connectivity index (χ2n) is 5.43. The van der Waals surface area contributed by atoms with Crippen molar-refractivity contribution in [3.05, 3.63) is 58.7 Å². The molecule has 0 bridgehead atoms. The molecule has 0 aliphatic heterocycles. The Morgan fingerprint density at radius 1 is 1.35 bits per heavy atom. The number of aromatic nitrogens is 1. The number of carbonyl (C=O) groups is 1. The summed E-state index contributed by atoms with van der Waals surface area (Å²) >= 11 is 5.96. The summed E-state index contributed by atoms with van der Waals surface area (Å²) in [5, 5.41) is 16.9. The Hall–Kier alpha value is -2.11. The van der Waals surface area contributed by atoms with Gasteiger partial charge in [-0.15, -0.1) is 0 Å². The Kier molecular flexibility index (Phi) is 5.58. The fourth-order valence-corrected chi connectivity index (χ4v) is 2.27. The summed E-state index contributed by atoms with van der Waals surface area (Å²) in [6.07, 6.45) is 1.50. The van der Waals surface area contributed by atoms with E-state index < -0.39 is 5.60 Å². The fraction of sp³-hybridized carbons (Fsp3) is 0.294. The first-order chi connectivity index (χ1) is 10.9. The Labute approximate surface area is 140 Å². The zero-order valence-corrected chi connectivity index (χ0v) is 13.9. The van der Waals surface area contributed by atoms with Crippen LogP contribution >= 0.6 is 11.6 Å². The molecule has 0 radical (unpaired) electrons. The van der Waals surface area contributed by atoms with E-state index in [0.29, 0.717) is 22.9 Å². The molecule has 0 aliphatic rings. The molecule has 6 heteroatoms. The molecule has 0 aliphatic carbocycles. The molecule has 0 fully saturated rings. The van der Waals surface area contributed by atoms with E-state index in [4.69, 9.17) is 11.6 Å². The van der Waals surface area contributed by atoms with Gasteiger partial charge in [0.05, 0.1) is 5.56 Å². The number of nitrogens with zero attached hydrogens (tertiary/aromatic N) is 1. The number of amides is 1. The lowest BCUT2D eigenvalue weighted by molar-refractivity contribution is 0.0714. The molecule has 2 aromatic rings. The molecule has 1 amide bonds. The van der Waals surface area contributed by atoms with Crippen molar-refractivity contribution >= 4 is 23.3 Å². The van der Waals surface area contributed by atoms with Crippen molar-refractivity contribution in [3.8, 4) is 0 Å². The molecule has 3 N–H and O–H groups in total. The molecule has 0 saturated carbocycles. The van der Waals surface area contributed by atoms with Crippen LogP contribution in [0, 0.1) is 0 Å². The van der Waals surface area contributed by atoms with Gasteiger partial charge in [-0.3, -0.25) is 4.79 Å². The van der Waals surface area contributed by atoms with Crippen molar-refractivity contribution in [1.82, 2.24) is 10.3 Å². The van der Waals surface area contributed by atoms with Crippen LogP contribution < -0.4 is 10.6 Å². The van der Waals surface area contributed by atoms with E-state index >= 15 is 0 Å². The topological polar surface area (TPSA) is 74.2 Å². The van der Waals surface area contributed by atoms with Crippen molar-refractivity contribution in [3.63, 3.8) is 0 Å². The molecule has 2 rings (SSSR count). The summed E-state index contributed by atoms with van der Waals surface area (Å²) in [4.78, 5) is 15.9. The van der Waals surface area contributed by atoms with Crippen LogP contribution in [-0.4, -0.2) is 29.1 Å². The highest BCUT2D eigenvalue weighted by molar-refractivity contribution is 6.30. The Morgan fingerprint density at radius 2 is 2.13 bits per heavy atom. The van der Waals surface area contributed by atoms with Crippen LogP contribution in [-0.2, 0) is 5.60 Å². The van der Waals surface area contributed by atoms with E-state index in [1.807, 2.05) is 13.0 Å². The van der Waals surface area contributed by atoms with Gasteiger partial charge < -0.3 is 15.7 Å². The highest BCUT2D eigenvalue weighted by Gasteiger charge is 2.23. The first kappa shape index (κ1) is 17.2. The van der Waals surface area contributed by atoms with Crippen molar-refractivity contribution in [1.29, 1.82) is 0 Å². The first-order valence-corrected chi connectivity index (χ1v) is 7.76. The average Bonchev–Trinajstić information content (AvgIpc) is 2.54. The summed E-state index contributed by atoms with van der Waals surface area (Å²) in [6, 6.07) is 10.5. The van der Waals surface area contributed by atoms with Gasteiger partial charge in [-0.25, -0.2) is 4.98 Å². The van der Waals surface area contributed by atoms with Crippen LogP contribution in [0.25, 0.3) is 0 Å². The quantitative estimate of drug-likeness (QED) is 0.760. The molecule has 23 heavy (non-hydrogen) atoms. The van der Waals surface area contributed by atoms with Gasteiger partial charge in [0, 0.05) is 24.3 Å². The number of aliphatic hydroxyl groups is 1. The standard InChI is InChI=1S/C17H20ClN3O2/c1-3-19-16(22)12-7-8-15(20-10-12)21-11-17(2,23)13-5-4-6-14(18)9-13/h4-10,23H,3,11H2,1-2H3,(H,19,22)(H,20,21). The van der Waals surface area contributed by atoms with Gasteiger partial charge in [-0.05, 0) is 43.7 Å². The van der Waals surface area contributed by atoms with Gasteiger partial charge >= 0.3 is 0 Å². The van der Waals surface area contributed by atoms with E-state index in [9.17, 15) is 9.90 Å².